The molecule has 2 aliphatic heterocycles. The van der Waals surface area contributed by atoms with E-state index in [1.807, 2.05) is 36.4 Å². The molecule has 5 rings (SSSR count). The lowest BCUT2D eigenvalue weighted by Crippen LogP contribution is -2.50. The number of halogens is 1. The van der Waals surface area contributed by atoms with E-state index in [2.05, 4.69) is 33.9 Å². The fraction of sp³-hybridized carbons (Fsp3) is 0.355. The Labute approximate surface area is 246 Å². The van der Waals surface area contributed by atoms with Gasteiger partial charge in [-0.25, -0.2) is 13.1 Å². The predicted molar refractivity (Wildman–Crippen MR) is 159 cm³/mol. The summed E-state index contributed by atoms with van der Waals surface area (Å²) in [6.45, 7) is 3.76. The van der Waals surface area contributed by atoms with Crippen molar-refractivity contribution in [3.05, 3.63) is 101 Å². The number of amides is 2. The number of hydrogen-bond acceptors (Lipinski definition) is 5. The third-order valence-electron chi connectivity index (χ3n) is 7.74. The zero-order valence-electron chi connectivity index (χ0n) is 22.9. The molecule has 0 spiro atoms. The summed E-state index contributed by atoms with van der Waals surface area (Å²) < 4.78 is 28.5. The number of carbonyl (C=O) groups excluding carboxylic acids is 2. The third kappa shape index (κ3) is 6.98. The standard InChI is InChI=1S/C31H35ClN4O4S/c32-28-15-14-26(41(39,40)33-16-8-18-34-17-7-13-29(34)37)23-27(28)31(38)36-21-19-35(20-22-36)30(24-9-3-1-4-10-24)25-11-5-2-6-12-25/h1-6,9-12,14-15,23,30,33H,7-8,13,16-22H2. The molecule has 0 saturated carbocycles. The Bertz CT molecular complexity index is 1420. The van der Waals surface area contributed by atoms with Crippen molar-refractivity contribution in [2.45, 2.75) is 30.2 Å². The SMILES string of the molecule is O=C1CCCN1CCCNS(=O)(=O)c1ccc(Cl)c(C(=O)N2CCN(C(c3ccccc3)c3ccccc3)CC2)c1. The third-order valence-corrected chi connectivity index (χ3v) is 9.53. The molecule has 3 aromatic rings. The maximum absolute atomic E-state index is 13.5. The molecule has 216 valence electrons. The Hall–Kier alpha value is -3.24. The van der Waals surface area contributed by atoms with Gasteiger partial charge in [0.05, 0.1) is 21.5 Å². The molecule has 2 saturated heterocycles. The van der Waals surface area contributed by atoms with E-state index in [9.17, 15) is 18.0 Å². The minimum Gasteiger partial charge on any atom is -0.343 e. The lowest BCUT2D eigenvalue weighted by Gasteiger charge is -2.40. The van der Waals surface area contributed by atoms with E-state index in [-0.39, 0.29) is 39.9 Å². The summed E-state index contributed by atoms with van der Waals surface area (Å²) in [5, 5.41) is 0.218. The fourth-order valence-electron chi connectivity index (χ4n) is 5.57. The summed E-state index contributed by atoms with van der Waals surface area (Å²) in [6, 6.07) is 25.0. The number of nitrogens with zero attached hydrogens (tertiary/aromatic N) is 3. The molecule has 10 heteroatoms. The molecule has 2 fully saturated rings. The van der Waals surface area contributed by atoms with Gasteiger partial charge < -0.3 is 9.80 Å². The molecule has 0 aromatic heterocycles. The average molecular weight is 595 g/mol. The first-order valence-corrected chi connectivity index (χ1v) is 15.9. The van der Waals surface area contributed by atoms with Crippen molar-refractivity contribution in [3.63, 3.8) is 0 Å². The first kappa shape index (κ1) is 29.3. The highest BCUT2D eigenvalue weighted by molar-refractivity contribution is 7.89. The molecule has 1 N–H and O–H groups in total. The second-order valence-electron chi connectivity index (χ2n) is 10.4. The van der Waals surface area contributed by atoms with Gasteiger partial charge in [0, 0.05) is 52.2 Å². The summed E-state index contributed by atoms with van der Waals surface area (Å²) >= 11 is 6.40. The van der Waals surface area contributed by atoms with E-state index in [0.717, 1.165) is 13.0 Å². The number of carbonyl (C=O) groups is 2. The number of sulfonamides is 1. The molecule has 0 bridgehead atoms. The van der Waals surface area contributed by atoms with Gasteiger partial charge in [0.2, 0.25) is 15.9 Å². The molecule has 8 nitrogen and oxygen atoms in total. The van der Waals surface area contributed by atoms with Gasteiger partial charge >= 0.3 is 0 Å². The molecular weight excluding hydrogens is 560 g/mol. The van der Waals surface area contributed by atoms with Crippen LogP contribution in [0.25, 0.3) is 0 Å². The number of nitrogens with one attached hydrogen (secondary N) is 1. The molecule has 0 unspecified atom stereocenters. The maximum atomic E-state index is 13.5. The monoisotopic (exact) mass is 594 g/mol. The van der Waals surface area contributed by atoms with Crippen LogP contribution < -0.4 is 4.72 Å². The van der Waals surface area contributed by atoms with E-state index >= 15 is 0 Å². The van der Waals surface area contributed by atoms with Crippen LogP contribution in [0.5, 0.6) is 0 Å². The highest BCUT2D eigenvalue weighted by atomic mass is 35.5. The van der Waals surface area contributed by atoms with Crippen molar-refractivity contribution >= 4 is 33.4 Å². The van der Waals surface area contributed by atoms with Gasteiger partial charge in [-0.2, -0.15) is 0 Å². The van der Waals surface area contributed by atoms with Gasteiger partial charge in [0.1, 0.15) is 0 Å². The van der Waals surface area contributed by atoms with Crippen LogP contribution in [0.2, 0.25) is 5.02 Å². The second kappa shape index (κ2) is 13.2. The van der Waals surface area contributed by atoms with E-state index in [1.54, 1.807) is 9.80 Å². The Balaban J connectivity index is 1.23. The quantitative estimate of drug-likeness (QED) is 0.356. The molecule has 0 radical (unpaired) electrons. The molecule has 2 heterocycles. The largest absolute Gasteiger partial charge is 0.343 e. The summed E-state index contributed by atoms with van der Waals surface area (Å²) in [5.74, 6) is -0.166. The molecule has 0 aliphatic carbocycles. The summed E-state index contributed by atoms with van der Waals surface area (Å²) in [5.41, 5.74) is 2.56. The average Bonchev–Trinajstić information content (AvgIpc) is 3.41. The van der Waals surface area contributed by atoms with Crippen molar-refractivity contribution in [2.24, 2.45) is 0 Å². The van der Waals surface area contributed by atoms with Gasteiger partial charge in [0.15, 0.2) is 0 Å². The molecular formula is C31H35ClN4O4S. The zero-order valence-corrected chi connectivity index (χ0v) is 24.5. The van der Waals surface area contributed by atoms with Gasteiger partial charge in [-0.15, -0.1) is 0 Å². The Morgan fingerprint density at radius 3 is 2.10 bits per heavy atom. The number of piperazine rings is 1. The van der Waals surface area contributed by atoms with Crippen LogP contribution in [0.15, 0.2) is 83.8 Å². The van der Waals surface area contributed by atoms with Gasteiger partial charge in [0.25, 0.3) is 5.91 Å². The van der Waals surface area contributed by atoms with Crippen molar-refractivity contribution in [1.29, 1.82) is 0 Å². The number of rotatable bonds is 10. The molecule has 3 aromatic carbocycles. The van der Waals surface area contributed by atoms with Crippen molar-refractivity contribution in [3.8, 4) is 0 Å². The lowest BCUT2D eigenvalue weighted by molar-refractivity contribution is -0.127. The van der Waals surface area contributed by atoms with Crippen molar-refractivity contribution < 1.29 is 18.0 Å². The van der Waals surface area contributed by atoms with E-state index in [0.29, 0.717) is 45.6 Å². The summed E-state index contributed by atoms with van der Waals surface area (Å²) in [7, 11) is -3.85. The van der Waals surface area contributed by atoms with E-state index in [4.69, 9.17) is 11.6 Å². The molecule has 2 amide bonds. The lowest BCUT2D eigenvalue weighted by atomic mass is 9.96. The highest BCUT2D eigenvalue weighted by Crippen LogP contribution is 2.30. The Morgan fingerprint density at radius 1 is 0.878 bits per heavy atom. The minimum atomic E-state index is -3.85. The van der Waals surface area contributed by atoms with Crippen LogP contribution in [0.3, 0.4) is 0 Å². The molecule has 41 heavy (non-hydrogen) atoms. The first-order valence-electron chi connectivity index (χ1n) is 14.0. The normalized spacial score (nSPS) is 16.5. The van der Waals surface area contributed by atoms with Gasteiger partial charge in [-0.1, -0.05) is 72.3 Å². The summed E-state index contributed by atoms with van der Waals surface area (Å²) in [4.78, 5) is 31.2. The van der Waals surface area contributed by atoms with E-state index < -0.39 is 10.0 Å². The van der Waals surface area contributed by atoms with Crippen LogP contribution in [-0.4, -0.2) is 80.7 Å². The van der Waals surface area contributed by atoms with E-state index in [1.165, 1.54) is 29.3 Å². The Kier molecular flexibility index (Phi) is 9.39. The van der Waals surface area contributed by atoms with Crippen LogP contribution >= 0.6 is 11.6 Å². The maximum Gasteiger partial charge on any atom is 0.255 e. The minimum absolute atomic E-state index is 0.00523. The van der Waals surface area contributed by atoms with Crippen LogP contribution in [0, 0.1) is 0 Å². The smallest absolute Gasteiger partial charge is 0.255 e. The zero-order chi connectivity index (χ0) is 28.8. The summed E-state index contributed by atoms with van der Waals surface area (Å²) in [6.07, 6.45) is 1.92. The predicted octanol–water partition coefficient (Wildman–Crippen LogP) is 4.18. The van der Waals surface area contributed by atoms with Crippen LogP contribution in [-0.2, 0) is 14.8 Å². The topological polar surface area (TPSA) is 90.0 Å². The second-order valence-corrected chi connectivity index (χ2v) is 12.6. The number of likely N-dealkylation sites (tertiary alicyclic amines) is 1. The number of hydrogen-bond donors (Lipinski definition) is 1. The molecule has 2 aliphatic rings. The fourth-order valence-corrected chi connectivity index (χ4v) is 6.87. The van der Waals surface area contributed by atoms with Crippen molar-refractivity contribution in [2.75, 3.05) is 45.8 Å². The van der Waals surface area contributed by atoms with Gasteiger partial charge in [-0.05, 0) is 42.2 Å². The van der Waals surface area contributed by atoms with Crippen molar-refractivity contribution in [1.82, 2.24) is 19.4 Å². The van der Waals surface area contributed by atoms with Gasteiger partial charge in [-0.3, -0.25) is 14.5 Å². The molecule has 0 atom stereocenters. The number of benzene rings is 3. The van der Waals surface area contributed by atoms with Crippen LogP contribution in [0.1, 0.15) is 46.8 Å². The van der Waals surface area contributed by atoms with Crippen LogP contribution in [0.4, 0.5) is 0 Å². The Morgan fingerprint density at radius 2 is 1.51 bits per heavy atom. The highest BCUT2D eigenvalue weighted by Gasteiger charge is 2.30. The first-order chi connectivity index (χ1) is 19.8.